The molecule has 0 aliphatic carbocycles. The maximum atomic E-state index is 13.7. The fraction of sp³-hybridized carbons (Fsp3) is 0.133. The number of nitrogens with one attached hydrogen (secondary N) is 1. The third-order valence-electron chi connectivity index (χ3n) is 3.11. The Bertz CT molecular complexity index is 839. The molecule has 2 aromatic rings. The predicted octanol–water partition coefficient (Wildman–Crippen LogP) is 2.70. The minimum Gasteiger partial charge on any atom is -0.478 e. The molecule has 0 aromatic heterocycles. The standard InChI is InChI=1S/C15H13ClFNO4S/c16-12-4-2-1-3-10(12)7-8-18-23(21,22)14-9-11(15(19)20)5-6-13(14)17/h1-6,9,18H,7-8H2,(H,19,20). The molecule has 2 N–H and O–H groups in total. The zero-order chi connectivity index (χ0) is 17.0. The highest BCUT2D eigenvalue weighted by Gasteiger charge is 2.20. The van der Waals surface area contributed by atoms with Gasteiger partial charge in [0.25, 0.3) is 0 Å². The van der Waals surface area contributed by atoms with Crippen molar-refractivity contribution in [1.82, 2.24) is 4.72 Å². The molecule has 0 fully saturated rings. The van der Waals surface area contributed by atoms with E-state index in [1.165, 1.54) is 0 Å². The van der Waals surface area contributed by atoms with Gasteiger partial charge < -0.3 is 5.11 Å². The summed E-state index contributed by atoms with van der Waals surface area (Å²) >= 11 is 5.97. The van der Waals surface area contributed by atoms with Crippen LogP contribution >= 0.6 is 11.6 Å². The molecule has 8 heteroatoms. The van der Waals surface area contributed by atoms with Crippen LogP contribution in [0.5, 0.6) is 0 Å². The number of aromatic carboxylic acids is 1. The lowest BCUT2D eigenvalue weighted by Crippen LogP contribution is -2.27. The van der Waals surface area contributed by atoms with Gasteiger partial charge in [0.05, 0.1) is 5.56 Å². The fourth-order valence-electron chi connectivity index (χ4n) is 1.94. The highest BCUT2D eigenvalue weighted by Crippen LogP contribution is 2.18. The van der Waals surface area contributed by atoms with Gasteiger partial charge in [-0.2, -0.15) is 0 Å². The van der Waals surface area contributed by atoms with Crippen LogP contribution in [-0.2, 0) is 16.4 Å². The van der Waals surface area contributed by atoms with Crippen molar-refractivity contribution in [2.75, 3.05) is 6.54 Å². The van der Waals surface area contributed by atoms with Gasteiger partial charge in [-0.1, -0.05) is 29.8 Å². The fourth-order valence-corrected chi connectivity index (χ4v) is 3.30. The van der Waals surface area contributed by atoms with Crippen molar-refractivity contribution in [3.8, 4) is 0 Å². The molecule has 0 bridgehead atoms. The molecular formula is C15H13ClFNO4S. The van der Waals surface area contributed by atoms with E-state index >= 15 is 0 Å². The van der Waals surface area contributed by atoms with Crippen molar-refractivity contribution in [3.63, 3.8) is 0 Å². The molecule has 0 aliphatic rings. The van der Waals surface area contributed by atoms with Crippen LogP contribution in [0.15, 0.2) is 47.4 Å². The van der Waals surface area contributed by atoms with Gasteiger partial charge in [0.2, 0.25) is 10.0 Å². The van der Waals surface area contributed by atoms with Crippen molar-refractivity contribution in [2.45, 2.75) is 11.3 Å². The van der Waals surface area contributed by atoms with Crippen molar-refractivity contribution in [2.24, 2.45) is 0 Å². The topological polar surface area (TPSA) is 83.5 Å². The van der Waals surface area contributed by atoms with E-state index in [1.54, 1.807) is 24.3 Å². The lowest BCUT2D eigenvalue weighted by atomic mass is 10.1. The molecule has 2 aromatic carbocycles. The smallest absolute Gasteiger partial charge is 0.335 e. The minimum atomic E-state index is -4.16. The summed E-state index contributed by atoms with van der Waals surface area (Å²) in [7, 11) is -4.16. The largest absolute Gasteiger partial charge is 0.478 e. The van der Waals surface area contributed by atoms with Gasteiger partial charge in [-0.15, -0.1) is 0 Å². The van der Waals surface area contributed by atoms with E-state index in [0.29, 0.717) is 11.4 Å². The Labute approximate surface area is 137 Å². The summed E-state index contributed by atoms with van der Waals surface area (Å²) in [5.41, 5.74) is 0.439. The second kappa shape index (κ2) is 7.08. The molecule has 0 radical (unpaired) electrons. The summed E-state index contributed by atoms with van der Waals surface area (Å²) < 4.78 is 40.2. The van der Waals surface area contributed by atoms with Gasteiger partial charge in [-0.05, 0) is 36.2 Å². The van der Waals surface area contributed by atoms with Gasteiger partial charge in [0, 0.05) is 11.6 Å². The van der Waals surface area contributed by atoms with E-state index in [-0.39, 0.29) is 12.1 Å². The molecule has 0 heterocycles. The van der Waals surface area contributed by atoms with Gasteiger partial charge in [0.1, 0.15) is 10.7 Å². The molecule has 0 saturated heterocycles. The summed E-state index contributed by atoms with van der Waals surface area (Å²) in [5.74, 6) is -2.35. The van der Waals surface area contributed by atoms with E-state index < -0.39 is 26.7 Å². The van der Waals surface area contributed by atoms with Crippen molar-refractivity contribution in [1.29, 1.82) is 0 Å². The second-order valence-corrected chi connectivity index (χ2v) is 6.83. The van der Waals surface area contributed by atoms with Gasteiger partial charge in [0.15, 0.2) is 0 Å². The van der Waals surface area contributed by atoms with E-state index in [2.05, 4.69) is 4.72 Å². The van der Waals surface area contributed by atoms with Crippen molar-refractivity contribution in [3.05, 3.63) is 64.4 Å². The van der Waals surface area contributed by atoms with Crippen LogP contribution in [0.2, 0.25) is 5.02 Å². The number of hydrogen-bond donors (Lipinski definition) is 2. The lowest BCUT2D eigenvalue weighted by molar-refractivity contribution is 0.0696. The Morgan fingerprint density at radius 2 is 1.91 bits per heavy atom. The molecule has 0 unspecified atom stereocenters. The SMILES string of the molecule is O=C(O)c1ccc(F)c(S(=O)(=O)NCCc2ccccc2Cl)c1. The van der Waals surface area contributed by atoms with Crippen molar-refractivity contribution < 1.29 is 22.7 Å². The summed E-state index contributed by atoms with van der Waals surface area (Å²) in [6.07, 6.45) is 0.319. The number of carboxylic acid groups (broad SMARTS) is 1. The van der Waals surface area contributed by atoms with Crippen molar-refractivity contribution >= 4 is 27.6 Å². The third-order valence-corrected chi connectivity index (χ3v) is 4.96. The zero-order valence-electron chi connectivity index (χ0n) is 11.8. The quantitative estimate of drug-likeness (QED) is 0.832. The Kier molecular flexibility index (Phi) is 5.35. The monoisotopic (exact) mass is 357 g/mol. The summed E-state index contributed by atoms with van der Waals surface area (Å²) in [4.78, 5) is 10.2. The predicted molar refractivity (Wildman–Crippen MR) is 83.7 cm³/mol. The Morgan fingerprint density at radius 3 is 2.57 bits per heavy atom. The van der Waals surface area contributed by atoms with Crippen LogP contribution in [0.25, 0.3) is 0 Å². The van der Waals surface area contributed by atoms with Gasteiger partial charge in [-0.25, -0.2) is 22.3 Å². The first-order chi connectivity index (χ1) is 10.8. The molecule has 0 spiro atoms. The highest BCUT2D eigenvalue weighted by atomic mass is 35.5. The summed E-state index contributed by atoms with van der Waals surface area (Å²) in [5, 5.41) is 9.37. The number of rotatable bonds is 6. The number of hydrogen-bond acceptors (Lipinski definition) is 3. The molecule has 0 amide bonds. The molecule has 5 nitrogen and oxygen atoms in total. The van der Waals surface area contributed by atoms with Crippen LogP contribution < -0.4 is 4.72 Å². The van der Waals surface area contributed by atoms with E-state index in [9.17, 15) is 17.6 Å². The second-order valence-electron chi connectivity index (χ2n) is 4.69. The average molecular weight is 358 g/mol. The molecule has 122 valence electrons. The van der Waals surface area contributed by atoms with Crippen LogP contribution in [0.3, 0.4) is 0 Å². The molecule has 23 heavy (non-hydrogen) atoms. The lowest BCUT2D eigenvalue weighted by Gasteiger charge is -2.09. The maximum Gasteiger partial charge on any atom is 0.335 e. The summed E-state index contributed by atoms with van der Waals surface area (Å²) in [6.45, 7) is 0.00278. The highest BCUT2D eigenvalue weighted by molar-refractivity contribution is 7.89. The Morgan fingerprint density at radius 1 is 1.22 bits per heavy atom. The molecule has 2 rings (SSSR count). The number of halogens is 2. The molecule has 0 saturated carbocycles. The van der Waals surface area contributed by atoms with E-state index in [4.69, 9.17) is 16.7 Å². The van der Waals surface area contributed by atoms with Crippen LogP contribution in [0, 0.1) is 5.82 Å². The summed E-state index contributed by atoms with van der Waals surface area (Å²) in [6, 6.07) is 9.56. The van der Waals surface area contributed by atoms with Crippen LogP contribution in [-0.4, -0.2) is 26.0 Å². The average Bonchev–Trinajstić information content (AvgIpc) is 2.49. The Hall–Kier alpha value is -1.96. The van der Waals surface area contributed by atoms with Crippen LogP contribution in [0.1, 0.15) is 15.9 Å². The third kappa shape index (κ3) is 4.28. The maximum absolute atomic E-state index is 13.7. The Balaban J connectivity index is 2.15. The van der Waals surface area contributed by atoms with Crippen LogP contribution in [0.4, 0.5) is 4.39 Å². The minimum absolute atomic E-state index is 0.00278. The number of sulfonamides is 1. The first-order valence-electron chi connectivity index (χ1n) is 6.57. The van der Waals surface area contributed by atoms with E-state index in [1.807, 2.05) is 0 Å². The zero-order valence-corrected chi connectivity index (χ0v) is 13.4. The first kappa shape index (κ1) is 17.4. The van der Waals surface area contributed by atoms with Gasteiger partial charge in [-0.3, -0.25) is 0 Å². The number of carbonyl (C=O) groups is 1. The molecule has 0 aliphatic heterocycles. The first-order valence-corrected chi connectivity index (χ1v) is 8.43. The molecule has 0 atom stereocenters. The van der Waals surface area contributed by atoms with Gasteiger partial charge >= 0.3 is 5.97 Å². The molecular weight excluding hydrogens is 345 g/mol. The van der Waals surface area contributed by atoms with E-state index in [0.717, 1.165) is 23.8 Å². The number of benzene rings is 2. The normalized spacial score (nSPS) is 11.4. The number of carboxylic acids is 1.